The first-order valence-corrected chi connectivity index (χ1v) is 5.85. The van der Waals surface area contributed by atoms with Gasteiger partial charge in [0.25, 0.3) is 0 Å². The summed E-state index contributed by atoms with van der Waals surface area (Å²) in [7, 11) is 0. The van der Waals surface area contributed by atoms with Gasteiger partial charge in [-0.25, -0.2) is 0 Å². The van der Waals surface area contributed by atoms with Crippen molar-refractivity contribution in [3.05, 3.63) is 27.1 Å². The van der Waals surface area contributed by atoms with Crippen LogP contribution in [0.2, 0.25) is 0 Å². The van der Waals surface area contributed by atoms with E-state index in [1.165, 1.54) is 0 Å². The van der Waals surface area contributed by atoms with E-state index in [2.05, 4.69) is 47.8 Å². The van der Waals surface area contributed by atoms with Gasteiger partial charge < -0.3 is 4.74 Å². The maximum atomic E-state index is 5.47. The Morgan fingerprint density at radius 1 is 1.33 bits per heavy atom. The zero-order valence-electron chi connectivity index (χ0n) is 6.35. The molecule has 1 nitrogen and oxygen atoms in total. The summed E-state index contributed by atoms with van der Waals surface area (Å²) < 4.78 is 7.43. The molecule has 66 valence electrons. The highest BCUT2D eigenvalue weighted by Gasteiger charge is 2.03. The van der Waals surface area contributed by atoms with Gasteiger partial charge >= 0.3 is 0 Å². The van der Waals surface area contributed by atoms with E-state index in [-0.39, 0.29) is 5.01 Å². The third-order valence-electron chi connectivity index (χ3n) is 1.18. The van der Waals surface area contributed by atoms with E-state index in [1.54, 1.807) is 0 Å². The number of halogens is 3. The summed E-state index contributed by atoms with van der Waals surface area (Å²) >= 11 is 10.1. The molecule has 0 amide bonds. The molecule has 0 bridgehead atoms. The molecule has 1 atom stereocenters. The average molecular weight is 359 g/mol. The molecule has 1 rings (SSSR count). The van der Waals surface area contributed by atoms with E-state index >= 15 is 0 Å². The fourth-order valence-electron chi connectivity index (χ4n) is 0.742. The zero-order chi connectivity index (χ0) is 9.14. The Morgan fingerprint density at radius 3 is 2.58 bits per heavy atom. The predicted octanol–water partition coefficient (Wildman–Crippen LogP) is 4.33. The highest BCUT2D eigenvalue weighted by molar-refractivity contribution is 9.11. The molecule has 0 N–H and O–H groups in total. The molecule has 0 saturated carbocycles. The number of alkyl halides is 1. The quantitative estimate of drug-likeness (QED) is 0.715. The van der Waals surface area contributed by atoms with Crippen molar-refractivity contribution in [2.24, 2.45) is 0 Å². The van der Waals surface area contributed by atoms with E-state index in [0.29, 0.717) is 0 Å². The minimum Gasteiger partial charge on any atom is -0.478 e. The smallest absolute Gasteiger partial charge is 0.150 e. The lowest BCUT2D eigenvalue weighted by Crippen LogP contribution is -2.01. The molecule has 0 aliphatic rings. The Labute approximate surface area is 96.9 Å². The number of rotatable bonds is 2. The second-order valence-corrected chi connectivity index (χ2v) is 5.30. The van der Waals surface area contributed by atoms with Gasteiger partial charge in [-0.2, -0.15) is 0 Å². The fourth-order valence-corrected chi connectivity index (χ4v) is 1.62. The van der Waals surface area contributed by atoms with Crippen molar-refractivity contribution in [3.63, 3.8) is 0 Å². The van der Waals surface area contributed by atoms with Gasteiger partial charge in [0.05, 0.1) is 4.47 Å². The lowest BCUT2D eigenvalue weighted by atomic mass is 10.3. The summed E-state index contributed by atoms with van der Waals surface area (Å²) in [5.74, 6) is 0.828. The Morgan fingerprint density at radius 2 is 2.00 bits per heavy atom. The van der Waals surface area contributed by atoms with Crippen LogP contribution >= 0.6 is 47.8 Å². The summed E-state index contributed by atoms with van der Waals surface area (Å²) in [6.45, 7) is 1.92. The van der Waals surface area contributed by atoms with E-state index in [1.807, 2.05) is 25.1 Å². The molecule has 0 fully saturated rings. The maximum absolute atomic E-state index is 5.47. The molecule has 12 heavy (non-hydrogen) atoms. The Hall–Kier alpha value is 0.460. The maximum Gasteiger partial charge on any atom is 0.150 e. The van der Waals surface area contributed by atoms with Gasteiger partial charge in [-0.05, 0) is 57.0 Å². The molecule has 1 aromatic carbocycles. The Bertz CT molecular complexity index is 273. The molecule has 1 aromatic rings. The molecule has 0 aliphatic carbocycles. The van der Waals surface area contributed by atoms with Crippen LogP contribution in [-0.4, -0.2) is 5.01 Å². The standard InChI is InChI=1S/C8H7Br3O/c1-5(9)12-8-4-6(10)2-3-7(8)11/h2-5H,1H3. The monoisotopic (exact) mass is 356 g/mol. The lowest BCUT2D eigenvalue weighted by molar-refractivity contribution is 0.312. The van der Waals surface area contributed by atoms with Crippen molar-refractivity contribution < 1.29 is 4.74 Å². The minimum absolute atomic E-state index is 0.0168. The lowest BCUT2D eigenvalue weighted by Gasteiger charge is -2.09. The first-order chi connectivity index (χ1) is 5.59. The van der Waals surface area contributed by atoms with Gasteiger partial charge in [-0.15, -0.1) is 0 Å². The van der Waals surface area contributed by atoms with Gasteiger partial charge in [0.2, 0.25) is 0 Å². The highest BCUT2D eigenvalue weighted by Crippen LogP contribution is 2.29. The topological polar surface area (TPSA) is 9.23 Å². The minimum atomic E-state index is 0.0168. The molecular formula is C8H7Br3O. The normalized spacial score (nSPS) is 12.7. The van der Waals surface area contributed by atoms with E-state index in [0.717, 1.165) is 14.7 Å². The molecule has 1 unspecified atom stereocenters. The largest absolute Gasteiger partial charge is 0.478 e. The van der Waals surface area contributed by atoms with Crippen LogP contribution in [0.1, 0.15) is 6.92 Å². The van der Waals surface area contributed by atoms with E-state index < -0.39 is 0 Å². The van der Waals surface area contributed by atoms with Crippen molar-refractivity contribution in [1.29, 1.82) is 0 Å². The van der Waals surface area contributed by atoms with Gasteiger partial charge in [0, 0.05) is 4.47 Å². The second kappa shape index (κ2) is 4.63. The van der Waals surface area contributed by atoms with Crippen molar-refractivity contribution in [2.75, 3.05) is 0 Å². The number of ether oxygens (including phenoxy) is 1. The number of hydrogen-bond donors (Lipinski definition) is 0. The molecule has 0 spiro atoms. The van der Waals surface area contributed by atoms with Gasteiger partial charge in [-0.1, -0.05) is 15.9 Å². The van der Waals surface area contributed by atoms with Crippen molar-refractivity contribution >= 4 is 47.8 Å². The van der Waals surface area contributed by atoms with Crippen LogP contribution in [0.5, 0.6) is 5.75 Å². The van der Waals surface area contributed by atoms with Crippen LogP contribution in [0.4, 0.5) is 0 Å². The third-order valence-corrected chi connectivity index (χ3v) is 2.52. The summed E-state index contributed by atoms with van der Waals surface area (Å²) in [5, 5.41) is 0.0168. The van der Waals surface area contributed by atoms with Gasteiger partial charge in [0.1, 0.15) is 5.75 Å². The summed E-state index contributed by atoms with van der Waals surface area (Å²) in [6.07, 6.45) is 0. The number of hydrogen-bond acceptors (Lipinski definition) is 1. The Balaban J connectivity index is 2.90. The molecule has 0 radical (unpaired) electrons. The highest BCUT2D eigenvalue weighted by atomic mass is 79.9. The molecular weight excluding hydrogens is 352 g/mol. The van der Waals surface area contributed by atoms with Gasteiger partial charge in [0.15, 0.2) is 5.01 Å². The third kappa shape index (κ3) is 3.07. The first kappa shape index (κ1) is 10.5. The molecule has 0 aromatic heterocycles. The second-order valence-electron chi connectivity index (χ2n) is 2.24. The van der Waals surface area contributed by atoms with Crippen LogP contribution in [0.15, 0.2) is 27.1 Å². The summed E-state index contributed by atoms with van der Waals surface area (Å²) in [4.78, 5) is 0. The van der Waals surface area contributed by atoms with Crippen LogP contribution in [0.25, 0.3) is 0 Å². The van der Waals surface area contributed by atoms with Crippen molar-refractivity contribution in [3.8, 4) is 5.75 Å². The Kier molecular flexibility index (Phi) is 4.06. The summed E-state index contributed by atoms with van der Waals surface area (Å²) in [6, 6.07) is 5.81. The zero-order valence-corrected chi connectivity index (χ0v) is 11.1. The SMILES string of the molecule is CC(Br)Oc1cc(Br)ccc1Br. The molecule has 0 heterocycles. The van der Waals surface area contributed by atoms with E-state index in [4.69, 9.17) is 4.74 Å². The van der Waals surface area contributed by atoms with Crippen LogP contribution in [0, 0.1) is 0 Å². The fraction of sp³-hybridized carbons (Fsp3) is 0.250. The average Bonchev–Trinajstić information content (AvgIpc) is 1.96. The van der Waals surface area contributed by atoms with Crippen LogP contribution in [0.3, 0.4) is 0 Å². The number of benzene rings is 1. The molecule has 0 aliphatic heterocycles. The van der Waals surface area contributed by atoms with Crippen LogP contribution in [-0.2, 0) is 0 Å². The van der Waals surface area contributed by atoms with Crippen molar-refractivity contribution in [1.82, 2.24) is 0 Å². The predicted molar refractivity (Wildman–Crippen MR) is 60.9 cm³/mol. The molecule has 0 saturated heterocycles. The van der Waals surface area contributed by atoms with E-state index in [9.17, 15) is 0 Å². The van der Waals surface area contributed by atoms with Gasteiger partial charge in [-0.3, -0.25) is 0 Å². The first-order valence-electron chi connectivity index (χ1n) is 3.35. The molecule has 4 heteroatoms. The van der Waals surface area contributed by atoms with Crippen LogP contribution < -0.4 is 4.74 Å². The summed E-state index contributed by atoms with van der Waals surface area (Å²) in [5.41, 5.74) is 0. The van der Waals surface area contributed by atoms with Crippen molar-refractivity contribution in [2.45, 2.75) is 11.9 Å².